The monoisotopic (exact) mass is 633 g/mol. The number of amides is 1. The molecule has 6 rings (SSSR count). The maximum absolute atomic E-state index is 12.4. The summed E-state index contributed by atoms with van der Waals surface area (Å²) in [6, 6.07) is 32.0. The van der Waals surface area contributed by atoms with Crippen LogP contribution in [0.15, 0.2) is 103 Å². The molecule has 2 N–H and O–H groups in total. The topological polar surface area (TPSA) is 112 Å². The van der Waals surface area contributed by atoms with Gasteiger partial charge in [-0.1, -0.05) is 79.7 Å². The first-order valence-corrected chi connectivity index (χ1v) is 15.8. The number of aliphatic hydroxyl groups excluding tert-OH is 1. The van der Waals surface area contributed by atoms with Gasteiger partial charge in [-0.2, -0.15) is 0 Å². The van der Waals surface area contributed by atoms with Gasteiger partial charge in [0.05, 0.1) is 42.7 Å². The van der Waals surface area contributed by atoms with Gasteiger partial charge >= 0.3 is 5.97 Å². The number of hydrogen-bond acceptors (Lipinski definition) is 7. The number of nitrogens with one attached hydrogen (secondary N) is 1. The van der Waals surface area contributed by atoms with E-state index in [-0.39, 0.29) is 30.6 Å². The third-order valence-corrected chi connectivity index (χ3v) is 8.63. The minimum absolute atomic E-state index is 0.0167. The van der Waals surface area contributed by atoms with E-state index in [1.165, 1.54) is 6.92 Å². The first-order valence-electron chi connectivity index (χ1n) is 15.8. The summed E-state index contributed by atoms with van der Waals surface area (Å²) in [5.74, 6) is -0.833. The number of benzene rings is 4. The summed E-state index contributed by atoms with van der Waals surface area (Å²) in [6.45, 7) is 5.87. The molecule has 5 aromatic rings. The van der Waals surface area contributed by atoms with Crippen molar-refractivity contribution in [3.8, 4) is 11.1 Å². The zero-order chi connectivity index (χ0) is 32.9. The smallest absolute Gasteiger partial charge is 0.303 e. The number of fused-ring (bicyclic) bond motifs is 1. The van der Waals surface area contributed by atoms with Crippen LogP contribution in [0.1, 0.15) is 55.4 Å². The summed E-state index contributed by atoms with van der Waals surface area (Å²) in [5, 5.41) is 12.4. The molecule has 1 fully saturated rings. The van der Waals surface area contributed by atoms with Crippen LogP contribution in [0.3, 0.4) is 0 Å². The van der Waals surface area contributed by atoms with Crippen molar-refractivity contribution in [3.05, 3.63) is 126 Å². The predicted octanol–water partition coefficient (Wildman–Crippen LogP) is 6.26. The Morgan fingerprint density at radius 2 is 1.66 bits per heavy atom. The van der Waals surface area contributed by atoms with E-state index in [1.54, 1.807) is 6.92 Å². The molecule has 9 nitrogen and oxygen atoms in total. The molecule has 9 heteroatoms. The van der Waals surface area contributed by atoms with Gasteiger partial charge in [0.15, 0.2) is 12.4 Å². The largest absolute Gasteiger partial charge is 0.453 e. The molecule has 0 unspecified atom stereocenters. The lowest BCUT2D eigenvalue weighted by molar-refractivity contribution is -0.276. The van der Waals surface area contributed by atoms with Crippen LogP contribution in [0.4, 0.5) is 0 Å². The lowest BCUT2D eigenvalue weighted by Gasteiger charge is -2.41. The van der Waals surface area contributed by atoms with Crippen molar-refractivity contribution in [2.75, 3.05) is 0 Å². The second-order valence-corrected chi connectivity index (χ2v) is 12.0. The zero-order valence-electron chi connectivity index (χ0n) is 26.7. The van der Waals surface area contributed by atoms with Crippen molar-refractivity contribution in [1.82, 2.24) is 14.9 Å². The highest BCUT2D eigenvalue weighted by atomic mass is 16.7. The average molecular weight is 634 g/mol. The normalized spacial score (nSPS) is 20.1. The van der Waals surface area contributed by atoms with Crippen LogP contribution in [-0.2, 0) is 43.5 Å². The van der Waals surface area contributed by atoms with Gasteiger partial charge in [0.1, 0.15) is 0 Å². The second kappa shape index (κ2) is 14.3. The Kier molecular flexibility index (Phi) is 9.77. The van der Waals surface area contributed by atoms with Crippen LogP contribution in [0.5, 0.6) is 0 Å². The Morgan fingerprint density at radius 1 is 0.915 bits per heavy atom. The standard InChI is InChI=1S/C38H39N3O6/c1-24-35(21-41-23-40-33-12-4-5-13-34(33)41)46-38(47-36(24)29-16-14-27(22-42)15-17-29)32-11-7-10-31(19-32)30-9-6-8-28(18-30)20-39-37(44)25(2)45-26(3)43/h4-19,23-25,35-36,38,42H,20-22H2,1-3H3,(H,39,44)/t24-,25-,35+,36+,38+/m0/s1. The van der Waals surface area contributed by atoms with E-state index < -0.39 is 18.4 Å². The number of ether oxygens (including phenoxy) is 3. The summed E-state index contributed by atoms with van der Waals surface area (Å²) in [6.07, 6.45) is -0.0503. The van der Waals surface area contributed by atoms with E-state index in [1.807, 2.05) is 91.3 Å². The third kappa shape index (κ3) is 7.44. The molecular weight excluding hydrogens is 594 g/mol. The van der Waals surface area contributed by atoms with Gasteiger partial charge < -0.3 is 29.2 Å². The molecule has 4 aromatic carbocycles. The quantitative estimate of drug-likeness (QED) is 0.175. The minimum atomic E-state index is -0.863. The van der Waals surface area contributed by atoms with Crippen molar-refractivity contribution in [2.45, 2.75) is 65.1 Å². The van der Waals surface area contributed by atoms with Crippen LogP contribution in [0, 0.1) is 5.92 Å². The number of aliphatic hydroxyl groups is 1. The molecule has 1 aliphatic rings. The minimum Gasteiger partial charge on any atom is -0.453 e. The molecule has 242 valence electrons. The number of esters is 1. The number of para-hydroxylation sites is 2. The molecule has 1 aromatic heterocycles. The number of carbonyl (C=O) groups is 2. The van der Waals surface area contributed by atoms with Gasteiger partial charge in [-0.25, -0.2) is 4.98 Å². The zero-order valence-corrected chi connectivity index (χ0v) is 26.7. The molecule has 0 bridgehead atoms. The summed E-state index contributed by atoms with van der Waals surface area (Å²) in [7, 11) is 0. The summed E-state index contributed by atoms with van der Waals surface area (Å²) in [5.41, 5.74) is 7.62. The third-order valence-electron chi connectivity index (χ3n) is 8.63. The number of hydrogen-bond donors (Lipinski definition) is 2. The molecule has 47 heavy (non-hydrogen) atoms. The molecule has 1 saturated heterocycles. The van der Waals surface area contributed by atoms with Crippen LogP contribution in [0.25, 0.3) is 22.2 Å². The van der Waals surface area contributed by atoms with Crippen molar-refractivity contribution in [1.29, 1.82) is 0 Å². The number of rotatable bonds is 10. The van der Waals surface area contributed by atoms with Gasteiger partial charge in [0.25, 0.3) is 5.91 Å². The lowest BCUT2D eigenvalue weighted by Crippen LogP contribution is -2.39. The highest BCUT2D eigenvalue weighted by Crippen LogP contribution is 2.43. The summed E-state index contributed by atoms with van der Waals surface area (Å²) >= 11 is 0. The predicted molar refractivity (Wildman–Crippen MR) is 178 cm³/mol. The fourth-order valence-electron chi connectivity index (χ4n) is 6.04. The number of aromatic nitrogens is 2. The van der Waals surface area contributed by atoms with Crippen molar-refractivity contribution in [2.24, 2.45) is 5.92 Å². The fourth-order valence-corrected chi connectivity index (χ4v) is 6.04. The molecule has 0 aliphatic carbocycles. The summed E-state index contributed by atoms with van der Waals surface area (Å²) < 4.78 is 20.6. The fraction of sp³-hybridized carbons (Fsp3) is 0.289. The van der Waals surface area contributed by atoms with Crippen LogP contribution < -0.4 is 5.32 Å². The van der Waals surface area contributed by atoms with E-state index in [4.69, 9.17) is 14.2 Å². The molecule has 0 saturated carbocycles. The summed E-state index contributed by atoms with van der Waals surface area (Å²) in [4.78, 5) is 28.2. The molecule has 5 atom stereocenters. The van der Waals surface area contributed by atoms with Gasteiger partial charge in [-0.3, -0.25) is 9.59 Å². The van der Waals surface area contributed by atoms with Crippen LogP contribution in [0.2, 0.25) is 0 Å². The highest BCUT2D eigenvalue weighted by molar-refractivity contribution is 5.83. The Bertz CT molecular complexity index is 1850. The van der Waals surface area contributed by atoms with E-state index in [0.29, 0.717) is 13.1 Å². The highest BCUT2D eigenvalue weighted by Gasteiger charge is 2.38. The molecule has 0 radical (unpaired) electrons. The van der Waals surface area contributed by atoms with E-state index in [0.717, 1.165) is 44.4 Å². The number of nitrogens with zero attached hydrogens (tertiary/aromatic N) is 2. The van der Waals surface area contributed by atoms with Crippen molar-refractivity contribution >= 4 is 22.9 Å². The SMILES string of the molecule is CC(=O)O[C@@H](C)C(=O)NCc1cccc(-c2cccc([C@@H]3O[C@H](Cn4cnc5ccccc54)[C@H](C)[C@H](c4ccc(CO)cc4)O3)c2)c1. The molecular formula is C38H39N3O6. The number of imidazole rings is 1. The lowest BCUT2D eigenvalue weighted by atomic mass is 9.90. The Hall–Kier alpha value is -4.83. The van der Waals surface area contributed by atoms with E-state index in [9.17, 15) is 14.7 Å². The van der Waals surface area contributed by atoms with Crippen molar-refractivity contribution < 1.29 is 28.9 Å². The van der Waals surface area contributed by atoms with Crippen LogP contribution in [-0.4, -0.2) is 38.7 Å². The molecule has 1 amide bonds. The van der Waals surface area contributed by atoms with E-state index >= 15 is 0 Å². The molecule has 2 heterocycles. The number of carbonyl (C=O) groups excluding carboxylic acids is 2. The second-order valence-electron chi connectivity index (χ2n) is 12.0. The average Bonchev–Trinajstić information content (AvgIpc) is 3.50. The first-order chi connectivity index (χ1) is 22.8. The van der Waals surface area contributed by atoms with Crippen molar-refractivity contribution in [3.63, 3.8) is 0 Å². The van der Waals surface area contributed by atoms with Crippen LogP contribution >= 0.6 is 0 Å². The molecule has 0 spiro atoms. The first kappa shape index (κ1) is 32.1. The van der Waals surface area contributed by atoms with Gasteiger partial charge in [-0.05, 0) is 59.0 Å². The molecule has 1 aliphatic heterocycles. The van der Waals surface area contributed by atoms with Gasteiger partial charge in [-0.15, -0.1) is 0 Å². The Morgan fingerprint density at radius 3 is 2.43 bits per heavy atom. The van der Waals surface area contributed by atoms with Gasteiger partial charge in [0, 0.05) is 24.9 Å². The maximum atomic E-state index is 12.4. The Balaban J connectivity index is 1.25. The maximum Gasteiger partial charge on any atom is 0.303 e. The van der Waals surface area contributed by atoms with Gasteiger partial charge in [0.2, 0.25) is 0 Å². The van der Waals surface area contributed by atoms with E-state index in [2.05, 4.69) is 33.9 Å². The Labute approximate surface area is 274 Å².